The molecule has 1 unspecified atom stereocenters. The average Bonchev–Trinajstić information content (AvgIpc) is 2.38. The number of aryl methyl sites for hydroxylation is 1. The molecule has 80 valence electrons. The van der Waals surface area contributed by atoms with Crippen molar-refractivity contribution in [1.82, 2.24) is 0 Å². The Morgan fingerprint density at radius 1 is 1.47 bits per heavy atom. The quantitative estimate of drug-likeness (QED) is 0.721. The minimum atomic E-state index is 0.317. The molecule has 1 aliphatic heterocycles. The van der Waals surface area contributed by atoms with Crippen molar-refractivity contribution in [3.05, 3.63) is 34.9 Å². The van der Waals surface area contributed by atoms with Gasteiger partial charge in [-0.1, -0.05) is 26.0 Å². The fourth-order valence-corrected chi connectivity index (χ4v) is 2.88. The van der Waals surface area contributed by atoms with E-state index < -0.39 is 0 Å². The van der Waals surface area contributed by atoms with Gasteiger partial charge in [-0.15, -0.1) is 0 Å². The smallest absolute Gasteiger partial charge is 0.164 e. The predicted molar refractivity (Wildman–Crippen MR) is 65.5 cm³/mol. The molecule has 2 heteroatoms. The third-order valence-electron chi connectivity index (χ3n) is 2.88. The molecular formula is C13H16OS. The van der Waals surface area contributed by atoms with Crippen LogP contribution in [0.25, 0.3) is 0 Å². The normalized spacial score (nSPS) is 20.9. The number of benzene rings is 1. The molecule has 1 atom stereocenters. The van der Waals surface area contributed by atoms with E-state index in [4.69, 9.17) is 0 Å². The Morgan fingerprint density at radius 3 is 3.00 bits per heavy atom. The summed E-state index contributed by atoms with van der Waals surface area (Å²) in [5.41, 5.74) is 3.44. The van der Waals surface area contributed by atoms with Crippen LogP contribution in [0.4, 0.5) is 0 Å². The maximum atomic E-state index is 12.0. The monoisotopic (exact) mass is 220 g/mol. The van der Waals surface area contributed by atoms with Gasteiger partial charge in [-0.2, -0.15) is 11.8 Å². The van der Waals surface area contributed by atoms with Crippen LogP contribution in [0.1, 0.15) is 41.8 Å². The third kappa shape index (κ3) is 2.25. The van der Waals surface area contributed by atoms with E-state index in [-0.39, 0.29) is 0 Å². The van der Waals surface area contributed by atoms with Gasteiger partial charge in [0.05, 0.1) is 0 Å². The number of hydrogen-bond acceptors (Lipinski definition) is 2. The summed E-state index contributed by atoms with van der Waals surface area (Å²) < 4.78 is 0. The molecule has 0 radical (unpaired) electrons. The summed E-state index contributed by atoms with van der Waals surface area (Å²) in [6, 6.07) is 6.34. The third-order valence-corrected chi connectivity index (χ3v) is 4.09. The molecule has 1 aromatic rings. The molecule has 0 N–H and O–H groups in total. The van der Waals surface area contributed by atoms with Crippen molar-refractivity contribution in [3.63, 3.8) is 0 Å². The SMILES string of the molecule is CCc1ccc2c(c1)C(=O)CC(C)SC2. The number of thioether (sulfide) groups is 1. The molecular weight excluding hydrogens is 204 g/mol. The van der Waals surface area contributed by atoms with Gasteiger partial charge in [-0.05, 0) is 23.6 Å². The van der Waals surface area contributed by atoms with Gasteiger partial charge in [0.1, 0.15) is 0 Å². The first-order valence-corrected chi connectivity index (χ1v) is 6.52. The van der Waals surface area contributed by atoms with Gasteiger partial charge in [0.2, 0.25) is 0 Å². The van der Waals surface area contributed by atoms with Crippen LogP contribution in [0.2, 0.25) is 0 Å². The number of hydrogen-bond donors (Lipinski definition) is 0. The van der Waals surface area contributed by atoms with Gasteiger partial charge in [0.25, 0.3) is 0 Å². The fourth-order valence-electron chi connectivity index (χ4n) is 1.89. The molecule has 0 aliphatic carbocycles. The van der Waals surface area contributed by atoms with Gasteiger partial charge in [-0.25, -0.2) is 0 Å². The standard InChI is InChI=1S/C13H16OS/c1-3-10-4-5-11-8-15-9(2)6-13(14)12(11)7-10/h4-5,7,9H,3,6,8H2,1-2H3. The molecule has 1 aliphatic rings. The van der Waals surface area contributed by atoms with Gasteiger partial charge in [0, 0.05) is 23.0 Å². The molecule has 1 heterocycles. The van der Waals surface area contributed by atoms with Crippen LogP contribution >= 0.6 is 11.8 Å². The lowest BCUT2D eigenvalue weighted by Crippen LogP contribution is -2.05. The Balaban J connectivity index is 2.41. The van der Waals surface area contributed by atoms with E-state index in [1.54, 1.807) is 0 Å². The lowest BCUT2D eigenvalue weighted by atomic mass is 9.98. The number of rotatable bonds is 1. The average molecular weight is 220 g/mol. The van der Waals surface area contributed by atoms with Crippen molar-refractivity contribution in [1.29, 1.82) is 0 Å². The lowest BCUT2D eigenvalue weighted by Gasteiger charge is -2.05. The molecule has 0 amide bonds. The van der Waals surface area contributed by atoms with Crippen LogP contribution in [-0.2, 0) is 12.2 Å². The molecule has 1 nitrogen and oxygen atoms in total. The van der Waals surface area contributed by atoms with Crippen molar-refractivity contribution in [2.45, 2.75) is 37.7 Å². The first-order chi connectivity index (χ1) is 7.20. The lowest BCUT2D eigenvalue weighted by molar-refractivity contribution is 0.0983. The second-order valence-electron chi connectivity index (χ2n) is 4.09. The Hall–Kier alpha value is -0.760. The zero-order valence-electron chi connectivity index (χ0n) is 9.25. The molecule has 0 bridgehead atoms. The van der Waals surface area contributed by atoms with Crippen molar-refractivity contribution in [2.24, 2.45) is 0 Å². The number of Topliss-reactive ketones (excluding diaryl/α,β-unsaturated/α-hetero) is 1. The summed E-state index contributed by atoms with van der Waals surface area (Å²) in [6.45, 7) is 4.26. The first kappa shape index (κ1) is 10.7. The van der Waals surface area contributed by atoms with Gasteiger partial charge < -0.3 is 0 Å². The zero-order valence-corrected chi connectivity index (χ0v) is 10.1. The second kappa shape index (κ2) is 4.40. The van der Waals surface area contributed by atoms with Crippen LogP contribution < -0.4 is 0 Å². The summed E-state index contributed by atoms with van der Waals surface area (Å²) in [5, 5.41) is 0.454. The summed E-state index contributed by atoms with van der Waals surface area (Å²) in [7, 11) is 0. The maximum Gasteiger partial charge on any atom is 0.164 e. The number of fused-ring (bicyclic) bond motifs is 1. The summed E-state index contributed by atoms with van der Waals surface area (Å²) in [6.07, 6.45) is 1.69. The summed E-state index contributed by atoms with van der Waals surface area (Å²) >= 11 is 1.88. The van der Waals surface area contributed by atoms with E-state index in [1.807, 2.05) is 11.8 Å². The number of carbonyl (C=O) groups excluding carboxylic acids is 1. The molecule has 2 rings (SSSR count). The summed E-state index contributed by atoms with van der Waals surface area (Å²) in [4.78, 5) is 12.0. The minimum absolute atomic E-state index is 0.317. The first-order valence-electron chi connectivity index (χ1n) is 5.47. The van der Waals surface area contributed by atoms with E-state index in [9.17, 15) is 4.79 Å². The fraction of sp³-hybridized carbons (Fsp3) is 0.462. The Kier molecular flexibility index (Phi) is 3.15. The van der Waals surface area contributed by atoms with Gasteiger partial charge in [0.15, 0.2) is 5.78 Å². The topological polar surface area (TPSA) is 17.1 Å². The zero-order chi connectivity index (χ0) is 10.8. The van der Waals surface area contributed by atoms with Crippen molar-refractivity contribution >= 4 is 17.5 Å². The van der Waals surface area contributed by atoms with Crippen LogP contribution in [0.5, 0.6) is 0 Å². The highest BCUT2D eigenvalue weighted by molar-refractivity contribution is 7.99. The molecule has 0 aromatic heterocycles. The van der Waals surface area contributed by atoms with Crippen LogP contribution in [0.15, 0.2) is 18.2 Å². The van der Waals surface area contributed by atoms with Crippen LogP contribution in [0.3, 0.4) is 0 Å². The van der Waals surface area contributed by atoms with Gasteiger partial charge >= 0.3 is 0 Å². The van der Waals surface area contributed by atoms with Crippen molar-refractivity contribution in [3.8, 4) is 0 Å². The predicted octanol–water partition coefficient (Wildman–Crippen LogP) is 3.46. The Bertz CT molecular complexity index is 384. The molecule has 0 fully saturated rings. The molecule has 15 heavy (non-hydrogen) atoms. The maximum absolute atomic E-state index is 12.0. The van der Waals surface area contributed by atoms with Crippen LogP contribution in [0, 0.1) is 0 Å². The molecule has 0 spiro atoms. The van der Waals surface area contributed by atoms with E-state index in [1.165, 1.54) is 11.1 Å². The van der Waals surface area contributed by atoms with Gasteiger partial charge in [-0.3, -0.25) is 4.79 Å². The molecule has 0 saturated heterocycles. The highest BCUT2D eigenvalue weighted by Gasteiger charge is 2.20. The Labute approximate surface area is 95.3 Å². The molecule has 1 aromatic carbocycles. The van der Waals surface area contributed by atoms with E-state index >= 15 is 0 Å². The highest BCUT2D eigenvalue weighted by Crippen LogP contribution is 2.29. The highest BCUT2D eigenvalue weighted by atomic mass is 32.2. The summed E-state index contributed by atoms with van der Waals surface area (Å²) in [5.74, 6) is 1.30. The second-order valence-corrected chi connectivity index (χ2v) is 5.52. The Morgan fingerprint density at radius 2 is 2.27 bits per heavy atom. The number of carbonyl (C=O) groups is 1. The van der Waals surface area contributed by atoms with E-state index in [0.717, 1.165) is 17.7 Å². The van der Waals surface area contributed by atoms with Crippen molar-refractivity contribution < 1.29 is 4.79 Å². The molecule has 0 saturated carbocycles. The number of ketones is 1. The van der Waals surface area contributed by atoms with E-state index in [0.29, 0.717) is 17.5 Å². The largest absolute Gasteiger partial charge is 0.294 e. The minimum Gasteiger partial charge on any atom is -0.294 e. The van der Waals surface area contributed by atoms with Crippen molar-refractivity contribution in [2.75, 3.05) is 0 Å². The van der Waals surface area contributed by atoms with E-state index in [2.05, 4.69) is 32.0 Å². The van der Waals surface area contributed by atoms with Crippen LogP contribution in [-0.4, -0.2) is 11.0 Å².